The van der Waals surface area contributed by atoms with E-state index < -0.39 is 0 Å². The Hall–Kier alpha value is -1.24. The summed E-state index contributed by atoms with van der Waals surface area (Å²) >= 11 is 0. The Morgan fingerprint density at radius 2 is 2.00 bits per heavy atom. The summed E-state index contributed by atoms with van der Waals surface area (Å²) in [6.07, 6.45) is 2.37. The first-order chi connectivity index (χ1) is 7.54. The highest BCUT2D eigenvalue weighted by molar-refractivity contribution is 5.68. The van der Waals surface area contributed by atoms with Crippen LogP contribution in [0.3, 0.4) is 0 Å². The zero-order valence-electron chi connectivity index (χ0n) is 10.7. The molecule has 0 saturated heterocycles. The van der Waals surface area contributed by atoms with E-state index in [9.17, 15) is 0 Å². The minimum atomic E-state index is 0.307. The van der Waals surface area contributed by atoms with Crippen molar-refractivity contribution in [2.24, 2.45) is 0 Å². The summed E-state index contributed by atoms with van der Waals surface area (Å²) in [5.74, 6) is 0.855. The molecule has 0 radical (unpaired) electrons. The van der Waals surface area contributed by atoms with Crippen LogP contribution in [0.1, 0.15) is 41.2 Å². The number of ether oxygens (including phenoxy) is 1. The summed E-state index contributed by atoms with van der Waals surface area (Å²) in [7, 11) is 0. The lowest BCUT2D eigenvalue weighted by Gasteiger charge is -2.29. The van der Waals surface area contributed by atoms with Gasteiger partial charge in [-0.05, 0) is 49.4 Å². The van der Waals surface area contributed by atoms with Crippen LogP contribution in [0.4, 0.5) is 0 Å². The summed E-state index contributed by atoms with van der Waals surface area (Å²) in [5.41, 5.74) is 6.71. The average Bonchev–Trinajstić information content (AvgIpc) is 2.25. The second kappa shape index (κ2) is 3.97. The molecule has 1 heterocycles. The van der Waals surface area contributed by atoms with Gasteiger partial charge in [-0.15, -0.1) is 0 Å². The van der Waals surface area contributed by atoms with Gasteiger partial charge in [0.05, 0.1) is 0 Å². The molecule has 1 aliphatic rings. The zero-order chi connectivity index (χ0) is 11.9. The molecule has 2 rings (SSSR count). The molecule has 1 aromatic carbocycles. The Kier molecular flexibility index (Phi) is 2.79. The van der Waals surface area contributed by atoms with E-state index in [1.165, 1.54) is 27.8 Å². The minimum Gasteiger partial charge on any atom is -0.490 e. The summed E-state index contributed by atoms with van der Waals surface area (Å²) in [6.45, 7) is 12.7. The molecule has 1 heteroatoms. The molecule has 86 valence electrons. The highest BCUT2D eigenvalue weighted by Gasteiger charge is 2.23. The van der Waals surface area contributed by atoms with Crippen molar-refractivity contribution >= 4 is 5.76 Å². The number of fused-ring (bicyclic) bond motifs is 1. The van der Waals surface area contributed by atoms with Gasteiger partial charge in [-0.2, -0.15) is 0 Å². The zero-order valence-corrected chi connectivity index (χ0v) is 10.7. The van der Waals surface area contributed by atoms with Crippen LogP contribution in [0.15, 0.2) is 12.6 Å². The van der Waals surface area contributed by atoms with E-state index >= 15 is 0 Å². The van der Waals surface area contributed by atoms with Crippen LogP contribution in [-0.2, 0) is 11.2 Å². The Bertz CT molecular complexity index is 443. The predicted molar refractivity (Wildman–Crippen MR) is 68.6 cm³/mol. The third-order valence-corrected chi connectivity index (χ3v) is 3.73. The maximum absolute atomic E-state index is 5.84. The monoisotopic (exact) mass is 216 g/mol. The van der Waals surface area contributed by atoms with Gasteiger partial charge in [0, 0.05) is 12.0 Å². The van der Waals surface area contributed by atoms with Gasteiger partial charge in [0.2, 0.25) is 0 Å². The van der Waals surface area contributed by atoms with Crippen molar-refractivity contribution in [1.82, 2.24) is 0 Å². The van der Waals surface area contributed by atoms with E-state index in [0.29, 0.717) is 6.10 Å². The summed E-state index contributed by atoms with van der Waals surface area (Å²) in [6, 6.07) is 2.30. The molecule has 0 saturated carbocycles. The summed E-state index contributed by atoms with van der Waals surface area (Å²) in [4.78, 5) is 0. The molecule has 0 aromatic heterocycles. The highest BCUT2D eigenvalue weighted by atomic mass is 16.5. The lowest BCUT2D eigenvalue weighted by molar-refractivity contribution is 0.154. The van der Waals surface area contributed by atoms with Crippen LogP contribution in [0, 0.1) is 20.8 Å². The molecule has 0 fully saturated rings. The molecule has 0 N–H and O–H groups in total. The van der Waals surface area contributed by atoms with Crippen LogP contribution in [0.25, 0.3) is 5.76 Å². The van der Waals surface area contributed by atoms with Crippen molar-refractivity contribution < 1.29 is 4.74 Å². The fourth-order valence-corrected chi connectivity index (χ4v) is 2.49. The Morgan fingerprint density at radius 1 is 1.31 bits per heavy atom. The van der Waals surface area contributed by atoms with Crippen LogP contribution < -0.4 is 0 Å². The topological polar surface area (TPSA) is 9.23 Å². The van der Waals surface area contributed by atoms with E-state index in [2.05, 4.69) is 40.3 Å². The molecule has 0 bridgehead atoms. The van der Waals surface area contributed by atoms with Crippen molar-refractivity contribution in [1.29, 1.82) is 0 Å². The SMILES string of the molecule is C=C1OC(CC)Cc2cc(C)c(C)c(C)c21. The minimum absolute atomic E-state index is 0.307. The van der Waals surface area contributed by atoms with Crippen LogP contribution >= 0.6 is 0 Å². The van der Waals surface area contributed by atoms with E-state index in [4.69, 9.17) is 4.74 Å². The lowest BCUT2D eigenvalue weighted by Crippen LogP contribution is -2.21. The van der Waals surface area contributed by atoms with Gasteiger partial charge in [0.25, 0.3) is 0 Å². The first-order valence-electron chi connectivity index (χ1n) is 6.00. The van der Waals surface area contributed by atoms with Crippen molar-refractivity contribution in [2.75, 3.05) is 0 Å². The molecule has 1 aliphatic heterocycles. The van der Waals surface area contributed by atoms with E-state index in [-0.39, 0.29) is 0 Å². The van der Waals surface area contributed by atoms with Gasteiger partial charge in [0.15, 0.2) is 0 Å². The van der Waals surface area contributed by atoms with Gasteiger partial charge in [-0.3, -0.25) is 0 Å². The molecule has 16 heavy (non-hydrogen) atoms. The van der Waals surface area contributed by atoms with Crippen LogP contribution in [0.2, 0.25) is 0 Å². The van der Waals surface area contributed by atoms with Crippen molar-refractivity contribution in [3.8, 4) is 0 Å². The summed E-state index contributed by atoms with van der Waals surface area (Å²) in [5, 5.41) is 0. The normalized spacial score (nSPS) is 19.2. The molecular formula is C15H20O. The molecule has 0 aliphatic carbocycles. The molecule has 1 unspecified atom stereocenters. The Balaban J connectivity index is 2.57. The highest BCUT2D eigenvalue weighted by Crippen LogP contribution is 2.34. The number of hydrogen-bond acceptors (Lipinski definition) is 1. The smallest absolute Gasteiger partial charge is 0.120 e. The average molecular weight is 216 g/mol. The number of benzene rings is 1. The molecule has 0 spiro atoms. The van der Waals surface area contributed by atoms with Crippen molar-refractivity contribution in [2.45, 2.75) is 46.6 Å². The van der Waals surface area contributed by atoms with Crippen LogP contribution in [-0.4, -0.2) is 6.10 Å². The molecular weight excluding hydrogens is 196 g/mol. The van der Waals surface area contributed by atoms with Gasteiger partial charge >= 0.3 is 0 Å². The summed E-state index contributed by atoms with van der Waals surface area (Å²) < 4.78 is 5.84. The molecule has 0 amide bonds. The lowest BCUT2D eigenvalue weighted by atomic mass is 9.88. The van der Waals surface area contributed by atoms with Crippen LogP contribution in [0.5, 0.6) is 0 Å². The number of rotatable bonds is 1. The standard InChI is InChI=1S/C15H20O/c1-6-14-8-13-7-9(2)10(3)11(4)15(13)12(5)16-14/h7,14H,5-6,8H2,1-4H3. The fourth-order valence-electron chi connectivity index (χ4n) is 2.49. The second-order valence-corrected chi connectivity index (χ2v) is 4.75. The first-order valence-corrected chi connectivity index (χ1v) is 6.00. The van der Waals surface area contributed by atoms with E-state index in [1.54, 1.807) is 0 Å². The van der Waals surface area contributed by atoms with E-state index in [0.717, 1.165) is 18.6 Å². The number of hydrogen-bond donors (Lipinski definition) is 0. The third kappa shape index (κ3) is 1.64. The molecule has 1 nitrogen and oxygen atoms in total. The third-order valence-electron chi connectivity index (χ3n) is 3.73. The van der Waals surface area contributed by atoms with Gasteiger partial charge in [-0.1, -0.05) is 19.6 Å². The van der Waals surface area contributed by atoms with E-state index in [1.807, 2.05) is 0 Å². The second-order valence-electron chi connectivity index (χ2n) is 4.75. The Morgan fingerprint density at radius 3 is 2.62 bits per heavy atom. The molecule has 1 aromatic rings. The quantitative estimate of drug-likeness (QED) is 0.691. The van der Waals surface area contributed by atoms with Crippen molar-refractivity contribution in [3.63, 3.8) is 0 Å². The predicted octanol–water partition coefficient (Wildman–Crippen LogP) is 3.93. The first kappa shape index (κ1) is 11.3. The van der Waals surface area contributed by atoms with Crippen molar-refractivity contribution in [3.05, 3.63) is 40.5 Å². The van der Waals surface area contributed by atoms with Gasteiger partial charge in [-0.25, -0.2) is 0 Å². The largest absolute Gasteiger partial charge is 0.490 e. The maximum Gasteiger partial charge on any atom is 0.120 e. The number of aryl methyl sites for hydroxylation is 1. The fraction of sp³-hybridized carbons (Fsp3) is 0.467. The molecule has 1 atom stereocenters. The van der Waals surface area contributed by atoms with Gasteiger partial charge in [0.1, 0.15) is 11.9 Å². The Labute approximate surface area is 98.1 Å². The van der Waals surface area contributed by atoms with Gasteiger partial charge < -0.3 is 4.74 Å². The maximum atomic E-state index is 5.84.